The van der Waals surface area contributed by atoms with E-state index in [0.29, 0.717) is 31.8 Å². The zero-order chi connectivity index (χ0) is 25.2. The van der Waals surface area contributed by atoms with Crippen molar-refractivity contribution in [1.29, 1.82) is 0 Å². The average molecular weight is 552 g/mol. The van der Waals surface area contributed by atoms with Crippen LogP contribution in [0.15, 0.2) is 53.9 Å². The highest BCUT2D eigenvalue weighted by molar-refractivity contribution is 9.10. The summed E-state index contributed by atoms with van der Waals surface area (Å²) in [6.45, 7) is 6.41. The number of fused-ring (bicyclic) bond motifs is 1. The fourth-order valence-corrected chi connectivity index (χ4v) is 5.74. The van der Waals surface area contributed by atoms with Crippen LogP contribution in [0.3, 0.4) is 0 Å². The molecule has 9 heteroatoms. The van der Waals surface area contributed by atoms with E-state index in [1.807, 2.05) is 40.1 Å². The van der Waals surface area contributed by atoms with Crippen LogP contribution in [0.5, 0.6) is 0 Å². The SMILES string of the molecule is C=CC(=O)N1CC(CC(=O)Cn2cc(CC(=O)N3CCC(c4ncc[nH]4)CC3)c3cc(Br)ccc32)C1. The van der Waals surface area contributed by atoms with E-state index in [1.54, 1.807) is 11.1 Å². The molecule has 0 bridgehead atoms. The first-order chi connectivity index (χ1) is 17.4. The molecular formula is C27H30BrN5O3. The third-order valence-electron chi connectivity index (χ3n) is 7.33. The molecule has 2 saturated heterocycles. The first-order valence-corrected chi connectivity index (χ1v) is 13.2. The molecule has 188 valence electrons. The van der Waals surface area contributed by atoms with Gasteiger partial charge in [0.2, 0.25) is 11.8 Å². The number of benzene rings is 1. The van der Waals surface area contributed by atoms with Crippen molar-refractivity contribution in [2.75, 3.05) is 26.2 Å². The Balaban J connectivity index is 1.23. The maximum Gasteiger partial charge on any atom is 0.245 e. The molecule has 2 aromatic heterocycles. The second kappa shape index (κ2) is 10.4. The highest BCUT2D eigenvalue weighted by Crippen LogP contribution is 2.29. The molecule has 0 atom stereocenters. The van der Waals surface area contributed by atoms with E-state index < -0.39 is 0 Å². The number of imidazole rings is 1. The van der Waals surface area contributed by atoms with E-state index in [-0.39, 0.29) is 30.1 Å². The lowest BCUT2D eigenvalue weighted by Crippen LogP contribution is -2.50. The summed E-state index contributed by atoms with van der Waals surface area (Å²) < 4.78 is 2.90. The summed E-state index contributed by atoms with van der Waals surface area (Å²) in [4.78, 5) is 48.9. The van der Waals surface area contributed by atoms with Crippen molar-refractivity contribution >= 4 is 44.4 Å². The quantitative estimate of drug-likeness (QED) is 0.432. The lowest BCUT2D eigenvalue weighted by molar-refractivity contribution is -0.134. The fraction of sp³-hybridized carbons (Fsp3) is 0.407. The molecule has 0 radical (unpaired) electrons. The van der Waals surface area contributed by atoms with Crippen molar-refractivity contribution in [3.63, 3.8) is 0 Å². The largest absolute Gasteiger partial charge is 0.348 e. The number of ketones is 1. The number of H-pyrrole nitrogens is 1. The molecule has 2 aliphatic rings. The summed E-state index contributed by atoms with van der Waals surface area (Å²) >= 11 is 3.55. The highest BCUT2D eigenvalue weighted by Gasteiger charge is 2.31. The van der Waals surface area contributed by atoms with E-state index in [9.17, 15) is 14.4 Å². The summed E-state index contributed by atoms with van der Waals surface area (Å²) in [5.74, 6) is 1.72. The number of halogens is 1. The number of piperidine rings is 1. The molecule has 2 fully saturated rings. The smallest absolute Gasteiger partial charge is 0.245 e. The van der Waals surface area contributed by atoms with E-state index in [4.69, 9.17) is 0 Å². The Morgan fingerprint density at radius 1 is 1.17 bits per heavy atom. The van der Waals surface area contributed by atoms with Crippen molar-refractivity contribution in [3.05, 3.63) is 65.3 Å². The Hall–Kier alpha value is -3.20. The van der Waals surface area contributed by atoms with Gasteiger partial charge in [0.25, 0.3) is 0 Å². The summed E-state index contributed by atoms with van der Waals surface area (Å²) in [6.07, 6.45) is 9.43. The molecule has 4 heterocycles. The molecule has 1 aromatic carbocycles. The van der Waals surface area contributed by atoms with Crippen molar-refractivity contribution in [2.45, 2.75) is 38.1 Å². The maximum atomic E-state index is 13.2. The van der Waals surface area contributed by atoms with Gasteiger partial charge in [-0.05, 0) is 42.7 Å². The zero-order valence-electron chi connectivity index (χ0n) is 20.2. The minimum atomic E-state index is -0.0832. The predicted octanol–water partition coefficient (Wildman–Crippen LogP) is 3.68. The number of amides is 2. The molecule has 0 spiro atoms. The normalized spacial score (nSPS) is 16.8. The minimum absolute atomic E-state index is 0.0832. The Bertz CT molecular complexity index is 1280. The molecule has 0 saturated carbocycles. The average Bonchev–Trinajstić information content (AvgIpc) is 3.50. The lowest BCUT2D eigenvalue weighted by atomic mass is 9.94. The Labute approximate surface area is 218 Å². The number of Topliss-reactive ketones (excluding diaryl/α,β-unsaturated/α-hetero) is 1. The van der Waals surface area contributed by atoms with Gasteiger partial charge < -0.3 is 19.4 Å². The van der Waals surface area contributed by atoms with E-state index in [2.05, 4.69) is 32.5 Å². The van der Waals surface area contributed by atoms with Crippen molar-refractivity contribution in [3.8, 4) is 0 Å². The van der Waals surface area contributed by atoms with Crippen LogP contribution in [-0.2, 0) is 27.3 Å². The van der Waals surface area contributed by atoms with Gasteiger partial charge in [0, 0.05) is 78.4 Å². The number of likely N-dealkylation sites (tertiary alicyclic amines) is 2. The van der Waals surface area contributed by atoms with Gasteiger partial charge in [-0.15, -0.1) is 0 Å². The van der Waals surface area contributed by atoms with E-state index in [0.717, 1.165) is 52.7 Å². The molecule has 36 heavy (non-hydrogen) atoms. The first-order valence-electron chi connectivity index (χ1n) is 12.4. The molecular weight excluding hydrogens is 522 g/mol. The number of hydrogen-bond acceptors (Lipinski definition) is 4. The summed E-state index contributed by atoms with van der Waals surface area (Å²) in [5.41, 5.74) is 1.88. The van der Waals surface area contributed by atoms with Gasteiger partial charge in [0.1, 0.15) is 5.82 Å². The van der Waals surface area contributed by atoms with Gasteiger partial charge in [0.15, 0.2) is 5.78 Å². The van der Waals surface area contributed by atoms with Gasteiger partial charge in [-0.3, -0.25) is 14.4 Å². The van der Waals surface area contributed by atoms with Crippen molar-refractivity contribution < 1.29 is 14.4 Å². The van der Waals surface area contributed by atoms with Crippen LogP contribution >= 0.6 is 15.9 Å². The van der Waals surface area contributed by atoms with Gasteiger partial charge in [-0.2, -0.15) is 0 Å². The summed E-state index contributed by atoms with van der Waals surface area (Å²) in [7, 11) is 0. The molecule has 1 N–H and O–H groups in total. The first kappa shape index (κ1) is 24.5. The maximum absolute atomic E-state index is 13.2. The number of aromatic amines is 1. The summed E-state index contributed by atoms with van der Waals surface area (Å²) in [5, 5.41) is 0.988. The van der Waals surface area contributed by atoms with Gasteiger partial charge in [-0.1, -0.05) is 22.5 Å². The third-order valence-corrected chi connectivity index (χ3v) is 7.82. The topological polar surface area (TPSA) is 91.3 Å². The third kappa shape index (κ3) is 5.16. The van der Waals surface area contributed by atoms with Gasteiger partial charge in [0.05, 0.1) is 13.0 Å². The molecule has 0 aliphatic carbocycles. The second-order valence-electron chi connectivity index (χ2n) is 9.81. The molecule has 2 aliphatic heterocycles. The fourth-order valence-electron chi connectivity index (χ4n) is 5.38. The van der Waals surface area contributed by atoms with Gasteiger partial charge in [-0.25, -0.2) is 4.98 Å². The van der Waals surface area contributed by atoms with Crippen molar-refractivity contribution in [1.82, 2.24) is 24.3 Å². The standard InChI is InChI=1S/C27H30BrN5O3/c1-2-25(35)33-14-18(15-33)11-22(34)17-32-16-20(23-13-21(28)3-4-24(23)32)12-26(36)31-9-5-19(6-10-31)27-29-7-8-30-27/h2-4,7-8,13,16,18-19H,1,5-6,9-12,14-15,17H2,(H,29,30). The zero-order valence-corrected chi connectivity index (χ0v) is 21.7. The van der Waals surface area contributed by atoms with Crippen LogP contribution in [0, 0.1) is 5.92 Å². The van der Waals surface area contributed by atoms with Crippen LogP contribution in [-0.4, -0.2) is 68.1 Å². The van der Waals surface area contributed by atoms with Gasteiger partial charge >= 0.3 is 0 Å². The summed E-state index contributed by atoms with van der Waals surface area (Å²) in [6, 6.07) is 5.97. The number of nitrogens with zero attached hydrogens (tertiary/aromatic N) is 4. The lowest BCUT2D eigenvalue weighted by Gasteiger charge is -2.38. The van der Waals surface area contributed by atoms with Crippen LogP contribution in [0.1, 0.15) is 36.6 Å². The highest BCUT2D eigenvalue weighted by atomic mass is 79.9. The molecule has 0 unspecified atom stereocenters. The predicted molar refractivity (Wildman–Crippen MR) is 140 cm³/mol. The van der Waals surface area contributed by atoms with Crippen LogP contribution in [0.2, 0.25) is 0 Å². The van der Waals surface area contributed by atoms with Crippen LogP contribution < -0.4 is 0 Å². The molecule has 5 rings (SSSR count). The number of aromatic nitrogens is 3. The number of rotatable bonds is 8. The monoisotopic (exact) mass is 551 g/mol. The molecule has 3 aromatic rings. The Morgan fingerprint density at radius 2 is 1.94 bits per heavy atom. The van der Waals surface area contributed by atoms with E-state index >= 15 is 0 Å². The van der Waals surface area contributed by atoms with Crippen LogP contribution in [0.25, 0.3) is 10.9 Å². The van der Waals surface area contributed by atoms with E-state index in [1.165, 1.54) is 6.08 Å². The van der Waals surface area contributed by atoms with Crippen molar-refractivity contribution in [2.24, 2.45) is 5.92 Å². The number of nitrogens with one attached hydrogen (secondary N) is 1. The minimum Gasteiger partial charge on any atom is -0.348 e. The van der Waals surface area contributed by atoms with Crippen LogP contribution in [0.4, 0.5) is 0 Å². The Kier molecular flexibility index (Phi) is 7.09. The molecule has 2 amide bonds. The second-order valence-corrected chi connectivity index (χ2v) is 10.7. The molecule has 8 nitrogen and oxygen atoms in total. The number of carbonyl (C=O) groups is 3. The Morgan fingerprint density at radius 3 is 2.64 bits per heavy atom. The number of hydrogen-bond donors (Lipinski definition) is 1. The number of carbonyl (C=O) groups excluding carboxylic acids is 3.